The molecule has 2 saturated heterocycles. The Kier molecular flexibility index (Phi) is 4.90. The van der Waals surface area contributed by atoms with Crippen molar-refractivity contribution in [1.29, 1.82) is 0 Å². The van der Waals surface area contributed by atoms with Crippen LogP contribution in [-0.2, 0) is 4.74 Å². The van der Waals surface area contributed by atoms with Gasteiger partial charge in [0.05, 0.1) is 6.10 Å². The first kappa shape index (κ1) is 11.4. The molecular formula is C12H24N2O. The van der Waals surface area contributed by atoms with E-state index >= 15 is 0 Å². The molecule has 0 aromatic rings. The van der Waals surface area contributed by atoms with Gasteiger partial charge in [-0.15, -0.1) is 0 Å². The summed E-state index contributed by atoms with van der Waals surface area (Å²) in [5.74, 6) is 0. The molecule has 88 valence electrons. The molecular weight excluding hydrogens is 188 g/mol. The second-order valence-electron chi connectivity index (χ2n) is 4.77. The van der Waals surface area contributed by atoms with Crippen LogP contribution in [0.15, 0.2) is 0 Å². The summed E-state index contributed by atoms with van der Waals surface area (Å²) >= 11 is 0. The normalized spacial score (nSPS) is 33.6. The van der Waals surface area contributed by atoms with Gasteiger partial charge in [-0.1, -0.05) is 0 Å². The number of nitrogens with one attached hydrogen (secondary N) is 2. The van der Waals surface area contributed by atoms with Gasteiger partial charge in [0.2, 0.25) is 0 Å². The zero-order chi connectivity index (χ0) is 10.3. The van der Waals surface area contributed by atoms with Crippen molar-refractivity contribution in [2.24, 2.45) is 0 Å². The Morgan fingerprint density at radius 2 is 2.07 bits per heavy atom. The van der Waals surface area contributed by atoms with Crippen LogP contribution in [0.25, 0.3) is 0 Å². The third-order valence-electron chi connectivity index (χ3n) is 3.48. The van der Waals surface area contributed by atoms with E-state index in [1.165, 1.54) is 51.6 Å². The Balaban J connectivity index is 1.62. The van der Waals surface area contributed by atoms with Gasteiger partial charge >= 0.3 is 0 Å². The zero-order valence-corrected chi connectivity index (χ0v) is 9.63. The smallest absolute Gasteiger partial charge is 0.0699 e. The summed E-state index contributed by atoms with van der Waals surface area (Å²) in [5.41, 5.74) is 0. The Morgan fingerprint density at radius 1 is 1.07 bits per heavy atom. The van der Waals surface area contributed by atoms with Crippen LogP contribution >= 0.6 is 0 Å². The predicted molar refractivity (Wildman–Crippen MR) is 62.1 cm³/mol. The van der Waals surface area contributed by atoms with Gasteiger partial charge in [-0.2, -0.15) is 0 Å². The topological polar surface area (TPSA) is 33.3 Å². The number of hydrogen-bond acceptors (Lipinski definition) is 3. The third-order valence-corrected chi connectivity index (χ3v) is 3.48. The summed E-state index contributed by atoms with van der Waals surface area (Å²) < 4.78 is 5.72. The van der Waals surface area contributed by atoms with E-state index in [2.05, 4.69) is 10.6 Å². The molecule has 0 spiro atoms. The maximum absolute atomic E-state index is 5.72. The van der Waals surface area contributed by atoms with Gasteiger partial charge in [-0.3, -0.25) is 0 Å². The highest BCUT2D eigenvalue weighted by Crippen LogP contribution is 2.12. The van der Waals surface area contributed by atoms with E-state index in [-0.39, 0.29) is 0 Å². The van der Waals surface area contributed by atoms with Crippen molar-refractivity contribution < 1.29 is 4.74 Å². The molecule has 0 radical (unpaired) electrons. The Hall–Kier alpha value is -0.120. The molecule has 2 aliphatic rings. The van der Waals surface area contributed by atoms with Gasteiger partial charge in [0.1, 0.15) is 0 Å². The van der Waals surface area contributed by atoms with Crippen LogP contribution in [-0.4, -0.2) is 38.4 Å². The Morgan fingerprint density at radius 3 is 2.93 bits per heavy atom. The predicted octanol–water partition coefficient (Wildman–Crippen LogP) is 1.29. The van der Waals surface area contributed by atoms with Gasteiger partial charge < -0.3 is 15.4 Å². The maximum Gasteiger partial charge on any atom is 0.0699 e. The molecule has 2 fully saturated rings. The Bertz CT molecular complexity index is 161. The second-order valence-corrected chi connectivity index (χ2v) is 4.77. The molecule has 0 amide bonds. The molecule has 3 nitrogen and oxygen atoms in total. The van der Waals surface area contributed by atoms with Crippen LogP contribution in [0, 0.1) is 0 Å². The average molecular weight is 212 g/mol. The minimum atomic E-state index is 0.481. The molecule has 2 atom stereocenters. The molecule has 0 aromatic carbocycles. The lowest BCUT2D eigenvalue weighted by molar-refractivity contribution is 0.0151. The highest BCUT2D eigenvalue weighted by molar-refractivity contribution is 4.75. The van der Waals surface area contributed by atoms with Crippen molar-refractivity contribution in [2.75, 3.05) is 26.2 Å². The van der Waals surface area contributed by atoms with Crippen LogP contribution in [0.2, 0.25) is 0 Å². The van der Waals surface area contributed by atoms with E-state index in [4.69, 9.17) is 4.74 Å². The standard InChI is InChI=1S/C12H24N2O/c1-2-9-15-12(5-1)10-14-11-4-3-7-13-8-6-11/h11-14H,1-10H2. The molecule has 0 bridgehead atoms. The average Bonchev–Trinajstić information content (AvgIpc) is 2.56. The van der Waals surface area contributed by atoms with Crippen molar-refractivity contribution in [3.05, 3.63) is 0 Å². The first-order chi connectivity index (χ1) is 7.45. The summed E-state index contributed by atoms with van der Waals surface area (Å²) in [6.07, 6.45) is 8.23. The SMILES string of the molecule is C1CCC(CNC2CCCNCC2)OC1. The van der Waals surface area contributed by atoms with Crippen LogP contribution < -0.4 is 10.6 Å². The summed E-state index contributed by atoms with van der Waals surface area (Å²) in [6.45, 7) is 4.39. The maximum atomic E-state index is 5.72. The van der Waals surface area contributed by atoms with Crippen LogP contribution in [0.1, 0.15) is 38.5 Å². The van der Waals surface area contributed by atoms with E-state index in [1.807, 2.05) is 0 Å². The quantitative estimate of drug-likeness (QED) is 0.739. The van der Waals surface area contributed by atoms with E-state index in [0.717, 1.165) is 13.2 Å². The molecule has 0 saturated carbocycles. The third kappa shape index (κ3) is 4.09. The number of rotatable bonds is 3. The van der Waals surface area contributed by atoms with Crippen molar-refractivity contribution in [2.45, 2.75) is 50.7 Å². The molecule has 2 heterocycles. The van der Waals surface area contributed by atoms with Crippen molar-refractivity contribution >= 4 is 0 Å². The molecule has 2 N–H and O–H groups in total. The fourth-order valence-corrected chi connectivity index (χ4v) is 2.49. The van der Waals surface area contributed by atoms with Crippen LogP contribution in [0.5, 0.6) is 0 Å². The number of hydrogen-bond donors (Lipinski definition) is 2. The summed E-state index contributed by atoms with van der Waals surface area (Å²) in [5, 5.41) is 7.11. The first-order valence-corrected chi connectivity index (χ1v) is 6.51. The Labute approximate surface area is 93.0 Å². The summed E-state index contributed by atoms with van der Waals surface area (Å²) in [6, 6.07) is 0.713. The van der Waals surface area contributed by atoms with Gasteiger partial charge in [0, 0.05) is 19.2 Å². The van der Waals surface area contributed by atoms with E-state index in [9.17, 15) is 0 Å². The molecule has 2 aliphatic heterocycles. The zero-order valence-electron chi connectivity index (χ0n) is 9.63. The fraction of sp³-hybridized carbons (Fsp3) is 1.00. The molecule has 2 rings (SSSR count). The molecule has 15 heavy (non-hydrogen) atoms. The second kappa shape index (κ2) is 6.46. The molecule has 0 aliphatic carbocycles. The molecule has 0 aromatic heterocycles. The molecule has 3 heteroatoms. The van der Waals surface area contributed by atoms with Crippen molar-refractivity contribution in [1.82, 2.24) is 10.6 Å². The highest BCUT2D eigenvalue weighted by atomic mass is 16.5. The minimum absolute atomic E-state index is 0.481. The lowest BCUT2D eigenvalue weighted by atomic mass is 10.1. The van der Waals surface area contributed by atoms with E-state index in [0.29, 0.717) is 12.1 Å². The monoisotopic (exact) mass is 212 g/mol. The summed E-state index contributed by atoms with van der Waals surface area (Å²) in [4.78, 5) is 0. The van der Waals surface area contributed by atoms with Gasteiger partial charge in [-0.05, 0) is 51.6 Å². The number of ether oxygens (including phenoxy) is 1. The van der Waals surface area contributed by atoms with Gasteiger partial charge in [-0.25, -0.2) is 0 Å². The van der Waals surface area contributed by atoms with Crippen LogP contribution in [0.4, 0.5) is 0 Å². The fourth-order valence-electron chi connectivity index (χ4n) is 2.49. The van der Waals surface area contributed by atoms with E-state index < -0.39 is 0 Å². The van der Waals surface area contributed by atoms with Gasteiger partial charge in [0.25, 0.3) is 0 Å². The minimum Gasteiger partial charge on any atom is -0.377 e. The van der Waals surface area contributed by atoms with Crippen molar-refractivity contribution in [3.8, 4) is 0 Å². The van der Waals surface area contributed by atoms with Gasteiger partial charge in [0.15, 0.2) is 0 Å². The largest absolute Gasteiger partial charge is 0.377 e. The van der Waals surface area contributed by atoms with Crippen molar-refractivity contribution in [3.63, 3.8) is 0 Å². The lowest BCUT2D eigenvalue weighted by Crippen LogP contribution is -2.38. The summed E-state index contributed by atoms with van der Waals surface area (Å²) in [7, 11) is 0. The first-order valence-electron chi connectivity index (χ1n) is 6.51. The van der Waals surface area contributed by atoms with Crippen LogP contribution in [0.3, 0.4) is 0 Å². The van der Waals surface area contributed by atoms with E-state index in [1.54, 1.807) is 0 Å². The molecule has 2 unspecified atom stereocenters. The highest BCUT2D eigenvalue weighted by Gasteiger charge is 2.16. The lowest BCUT2D eigenvalue weighted by Gasteiger charge is -2.25.